The molecular weight excluding hydrogens is 238 g/mol. The van der Waals surface area contributed by atoms with Crippen molar-refractivity contribution in [1.29, 1.82) is 0 Å². The first-order valence-electron chi connectivity index (χ1n) is 5.80. The summed E-state index contributed by atoms with van der Waals surface area (Å²) in [6.45, 7) is 5.72. The summed E-state index contributed by atoms with van der Waals surface area (Å²) in [4.78, 5) is 0. The maximum atomic E-state index is 12.3. The summed E-state index contributed by atoms with van der Waals surface area (Å²) < 4.78 is 30.1. The van der Waals surface area contributed by atoms with Crippen molar-refractivity contribution in [2.24, 2.45) is 5.92 Å². The number of terminal acetylenes is 1. The van der Waals surface area contributed by atoms with Crippen LogP contribution in [0.15, 0.2) is 0 Å². The van der Waals surface area contributed by atoms with Crippen molar-refractivity contribution in [3.8, 4) is 12.5 Å². The van der Waals surface area contributed by atoms with Crippen LogP contribution in [0.5, 0.6) is 0 Å². The molecule has 5 heteroatoms. The van der Waals surface area contributed by atoms with E-state index in [0.29, 0.717) is 0 Å². The Kier molecular flexibility index (Phi) is 5.66. The lowest BCUT2D eigenvalue weighted by Gasteiger charge is -2.46. The molecule has 0 fully saturated rings. The van der Waals surface area contributed by atoms with Crippen LogP contribution in [0.25, 0.3) is 0 Å². The molecular formula is C12H25NO3S. The Hall–Kier alpha value is -0.570. The van der Waals surface area contributed by atoms with Crippen LogP contribution < -0.4 is 4.72 Å². The maximum Gasteiger partial charge on any atom is 0.0632 e. The van der Waals surface area contributed by atoms with E-state index < -0.39 is 14.8 Å². The molecule has 2 N–H and O–H groups in total. The second-order valence-electron chi connectivity index (χ2n) is 4.79. The minimum absolute atomic E-state index is 0.0373. The van der Waals surface area contributed by atoms with Crippen molar-refractivity contribution in [3.63, 3.8) is 0 Å². The van der Waals surface area contributed by atoms with Crippen molar-refractivity contribution in [3.05, 3.63) is 0 Å². The van der Waals surface area contributed by atoms with Crippen molar-refractivity contribution in [2.75, 3.05) is 13.4 Å². The predicted molar refractivity (Wildman–Crippen MR) is 73.0 cm³/mol. The van der Waals surface area contributed by atoms with Gasteiger partial charge in [0, 0.05) is 19.4 Å². The van der Waals surface area contributed by atoms with Gasteiger partial charge in [-0.05, 0) is 25.7 Å². The molecule has 102 valence electrons. The highest BCUT2D eigenvalue weighted by Crippen LogP contribution is 2.29. The Morgan fingerprint density at radius 1 is 1.53 bits per heavy atom. The molecule has 4 nitrogen and oxygen atoms in total. The van der Waals surface area contributed by atoms with Gasteiger partial charge in [-0.2, -0.15) is 4.21 Å². The van der Waals surface area contributed by atoms with Crippen LogP contribution in [0, 0.1) is 18.4 Å². The largest absolute Gasteiger partial charge is 0.381 e. The van der Waals surface area contributed by atoms with Crippen molar-refractivity contribution < 1.29 is 13.5 Å². The fourth-order valence-corrected chi connectivity index (χ4v) is 3.50. The summed E-state index contributed by atoms with van der Waals surface area (Å²) in [6.07, 6.45) is 8.09. The van der Waals surface area contributed by atoms with Crippen molar-refractivity contribution in [1.82, 2.24) is 4.72 Å². The maximum absolute atomic E-state index is 12.3. The van der Waals surface area contributed by atoms with Crippen LogP contribution in [0.2, 0.25) is 0 Å². The lowest BCUT2D eigenvalue weighted by atomic mass is 9.99. The summed E-state index contributed by atoms with van der Waals surface area (Å²) in [5.74, 6) is 0.0373. The van der Waals surface area contributed by atoms with Gasteiger partial charge < -0.3 is 4.74 Å². The number of rotatable bonds is 7. The van der Waals surface area contributed by atoms with Crippen LogP contribution in [0.4, 0.5) is 0 Å². The van der Waals surface area contributed by atoms with Gasteiger partial charge in [0.25, 0.3) is 0 Å². The SMILES string of the molecule is C#CNS(C)(=O)(O)[C@H](C)[C@@H](C)C[C@H](CC)OC. The zero-order valence-corrected chi connectivity index (χ0v) is 12.2. The third-order valence-corrected chi connectivity index (χ3v) is 6.24. The molecule has 3 atom stereocenters. The molecule has 0 heterocycles. The first-order chi connectivity index (χ1) is 7.66. The zero-order valence-electron chi connectivity index (χ0n) is 11.4. The van der Waals surface area contributed by atoms with Crippen LogP contribution >= 0.6 is 0 Å². The molecule has 0 unspecified atom stereocenters. The molecule has 0 aromatic heterocycles. The van der Waals surface area contributed by atoms with Gasteiger partial charge in [-0.3, -0.25) is 4.55 Å². The third kappa shape index (κ3) is 4.66. The zero-order chi connectivity index (χ0) is 13.7. The van der Waals surface area contributed by atoms with Crippen LogP contribution in [-0.4, -0.2) is 33.5 Å². The number of hydrogen-bond acceptors (Lipinski definition) is 2. The monoisotopic (exact) mass is 263 g/mol. The van der Waals surface area contributed by atoms with E-state index in [0.717, 1.165) is 12.8 Å². The van der Waals surface area contributed by atoms with E-state index in [-0.39, 0.29) is 12.0 Å². The normalized spacial score (nSPS) is 19.5. The number of ether oxygens (including phenoxy) is 1. The Labute approximate surface area is 105 Å². The third-order valence-electron chi connectivity index (χ3n) is 3.41. The summed E-state index contributed by atoms with van der Waals surface area (Å²) in [5, 5.41) is -0.438. The van der Waals surface area contributed by atoms with Crippen LogP contribution in [0.1, 0.15) is 33.6 Å². The molecule has 0 aliphatic heterocycles. The van der Waals surface area contributed by atoms with Gasteiger partial charge in [0.1, 0.15) is 0 Å². The van der Waals surface area contributed by atoms with Gasteiger partial charge in [-0.15, -0.1) is 9.53 Å². The minimum Gasteiger partial charge on any atom is -0.381 e. The second kappa shape index (κ2) is 5.85. The van der Waals surface area contributed by atoms with Crippen LogP contribution in [0.3, 0.4) is 0 Å². The topological polar surface area (TPSA) is 58.6 Å². The van der Waals surface area contributed by atoms with Crippen LogP contribution in [-0.2, 0) is 14.3 Å². The van der Waals surface area contributed by atoms with Crippen molar-refractivity contribution >= 4 is 9.53 Å². The number of nitrogens with one attached hydrogen (secondary N) is 1. The van der Waals surface area contributed by atoms with E-state index in [1.165, 1.54) is 6.26 Å². The summed E-state index contributed by atoms with van der Waals surface area (Å²) in [7, 11) is -2.31. The van der Waals surface area contributed by atoms with E-state index >= 15 is 0 Å². The Morgan fingerprint density at radius 2 is 2.06 bits per heavy atom. The van der Waals surface area contributed by atoms with Gasteiger partial charge in [0.05, 0.1) is 11.4 Å². The highest BCUT2D eigenvalue weighted by Gasteiger charge is 2.33. The molecule has 0 radical (unpaired) electrons. The molecule has 17 heavy (non-hydrogen) atoms. The van der Waals surface area contributed by atoms with Gasteiger partial charge in [-0.1, -0.05) is 20.3 Å². The minimum atomic E-state index is -3.97. The molecule has 0 aliphatic rings. The van der Waals surface area contributed by atoms with E-state index in [2.05, 4.69) is 10.8 Å². The molecule has 0 aromatic carbocycles. The van der Waals surface area contributed by atoms with Gasteiger partial charge in [0.15, 0.2) is 0 Å². The quantitative estimate of drug-likeness (QED) is 0.544. The van der Waals surface area contributed by atoms with E-state index in [9.17, 15) is 8.76 Å². The molecule has 0 saturated heterocycles. The summed E-state index contributed by atoms with van der Waals surface area (Å²) in [5.41, 5.74) is 0. The van der Waals surface area contributed by atoms with E-state index in [4.69, 9.17) is 11.2 Å². The Morgan fingerprint density at radius 3 is 2.41 bits per heavy atom. The van der Waals surface area contributed by atoms with Gasteiger partial charge in [0.2, 0.25) is 0 Å². The Balaban J connectivity index is 4.77. The standard InChI is InChI=1S/C12H25NO3S/c1-7-12(16-5)9-10(3)11(4)17(6,14,15)13-8-2/h2,10-12H,7,9H2,1,3-6H3,(H2,13,14,15)/t10-,11+,12-/m0/s1. The molecule has 0 rings (SSSR count). The smallest absolute Gasteiger partial charge is 0.0632 e. The summed E-state index contributed by atoms with van der Waals surface area (Å²) in [6, 6.07) is 2.07. The van der Waals surface area contributed by atoms with E-state index in [1.54, 1.807) is 14.0 Å². The number of hydrogen-bond donors (Lipinski definition) is 2. The first-order valence-corrected chi connectivity index (χ1v) is 8.19. The molecule has 0 saturated carbocycles. The Bertz CT molecular complexity index is 338. The number of methoxy groups -OCH3 is 1. The van der Waals surface area contributed by atoms with Gasteiger partial charge in [-0.25, -0.2) is 4.72 Å². The first kappa shape index (κ1) is 16.4. The highest BCUT2D eigenvalue weighted by atomic mass is 32.3. The molecule has 0 bridgehead atoms. The molecule has 0 amide bonds. The average molecular weight is 263 g/mol. The van der Waals surface area contributed by atoms with E-state index in [1.807, 2.05) is 13.8 Å². The second-order valence-corrected chi connectivity index (χ2v) is 8.45. The lowest BCUT2D eigenvalue weighted by molar-refractivity contribution is 0.0788. The fraction of sp³-hybridized carbons (Fsp3) is 0.833. The predicted octanol–water partition coefficient (Wildman–Crippen LogP) is 1.84. The van der Waals surface area contributed by atoms with Crippen molar-refractivity contribution in [2.45, 2.75) is 45.0 Å². The van der Waals surface area contributed by atoms with Gasteiger partial charge >= 0.3 is 0 Å². The fourth-order valence-electron chi connectivity index (χ4n) is 1.82. The average Bonchev–Trinajstić information content (AvgIpc) is 2.23. The molecule has 0 spiro atoms. The summed E-state index contributed by atoms with van der Waals surface area (Å²) >= 11 is 0. The highest BCUT2D eigenvalue weighted by molar-refractivity contribution is 8.13. The molecule has 0 aliphatic carbocycles. The molecule has 0 aromatic rings. The lowest BCUT2D eigenvalue weighted by Crippen LogP contribution is -2.54.